The number of benzene rings is 2. The minimum atomic E-state index is -1.22. The van der Waals surface area contributed by atoms with E-state index in [0.29, 0.717) is 17.0 Å². The Morgan fingerprint density at radius 2 is 1.66 bits per heavy atom. The summed E-state index contributed by atoms with van der Waals surface area (Å²) in [7, 11) is 0. The zero-order valence-electron chi connectivity index (χ0n) is 16.7. The standard InChI is InChI=1S/C24H23ClN2O2/c1-4-24(23(28)29,18-10-12-19(25)13-11-18)26-15-14-20-21(26)6-5-7-22(20)27-16(2)8-9-17(27)3/h5-15H,4H2,1-3H3,(H,28,29). The van der Waals surface area contributed by atoms with E-state index in [-0.39, 0.29) is 0 Å². The molecule has 5 heteroatoms. The van der Waals surface area contributed by atoms with Crippen LogP contribution in [0.3, 0.4) is 0 Å². The van der Waals surface area contributed by atoms with Crippen LogP contribution >= 0.6 is 11.6 Å². The van der Waals surface area contributed by atoms with Crippen molar-refractivity contribution in [1.29, 1.82) is 0 Å². The molecule has 0 saturated carbocycles. The number of nitrogens with zero attached hydrogens (tertiary/aromatic N) is 2. The highest BCUT2D eigenvalue weighted by Crippen LogP contribution is 2.37. The number of hydrogen-bond donors (Lipinski definition) is 1. The van der Waals surface area contributed by atoms with Crippen LogP contribution < -0.4 is 0 Å². The van der Waals surface area contributed by atoms with Crippen LogP contribution in [0.15, 0.2) is 66.9 Å². The lowest BCUT2D eigenvalue weighted by molar-refractivity contribution is -0.145. The number of halogens is 1. The van der Waals surface area contributed by atoms with E-state index in [1.54, 1.807) is 24.3 Å². The van der Waals surface area contributed by atoms with Gasteiger partial charge in [0.15, 0.2) is 5.54 Å². The maximum atomic E-state index is 12.6. The zero-order chi connectivity index (χ0) is 20.8. The molecule has 1 atom stereocenters. The number of aromatic nitrogens is 2. The fourth-order valence-electron chi connectivity index (χ4n) is 4.34. The van der Waals surface area contributed by atoms with Gasteiger partial charge in [-0.2, -0.15) is 0 Å². The van der Waals surface area contributed by atoms with Crippen molar-refractivity contribution < 1.29 is 9.90 Å². The summed E-state index contributed by atoms with van der Waals surface area (Å²) in [5.41, 5.74) is 3.70. The van der Waals surface area contributed by atoms with E-state index in [2.05, 4.69) is 36.6 Å². The van der Waals surface area contributed by atoms with Gasteiger partial charge in [-0.3, -0.25) is 0 Å². The Morgan fingerprint density at radius 3 is 2.24 bits per heavy atom. The lowest BCUT2D eigenvalue weighted by Crippen LogP contribution is -2.42. The van der Waals surface area contributed by atoms with Gasteiger partial charge < -0.3 is 14.2 Å². The van der Waals surface area contributed by atoms with Crippen molar-refractivity contribution in [2.24, 2.45) is 0 Å². The van der Waals surface area contributed by atoms with E-state index in [9.17, 15) is 9.90 Å². The van der Waals surface area contributed by atoms with Crippen molar-refractivity contribution in [1.82, 2.24) is 9.13 Å². The van der Waals surface area contributed by atoms with Crippen molar-refractivity contribution in [3.63, 3.8) is 0 Å². The number of aryl methyl sites for hydroxylation is 2. The summed E-state index contributed by atoms with van der Waals surface area (Å²) in [5.74, 6) is -0.890. The molecule has 0 fully saturated rings. The highest BCUT2D eigenvalue weighted by atomic mass is 35.5. The fourth-order valence-corrected chi connectivity index (χ4v) is 4.47. The molecule has 2 heterocycles. The Kier molecular flexibility index (Phi) is 4.75. The molecule has 148 valence electrons. The second-order valence-corrected chi connectivity index (χ2v) is 7.81. The van der Waals surface area contributed by atoms with Crippen LogP contribution in [-0.2, 0) is 10.3 Å². The number of rotatable bonds is 5. The summed E-state index contributed by atoms with van der Waals surface area (Å²) in [6.45, 7) is 6.05. The highest BCUT2D eigenvalue weighted by molar-refractivity contribution is 6.30. The smallest absolute Gasteiger partial charge is 0.334 e. The van der Waals surface area contributed by atoms with Crippen LogP contribution in [0.1, 0.15) is 30.3 Å². The minimum absolute atomic E-state index is 0.402. The third kappa shape index (κ3) is 2.87. The second kappa shape index (κ2) is 7.12. The Bertz CT molecular complexity index is 1180. The molecule has 0 spiro atoms. The second-order valence-electron chi connectivity index (χ2n) is 7.37. The molecule has 2 aromatic carbocycles. The summed E-state index contributed by atoms with van der Waals surface area (Å²) in [6.07, 6.45) is 2.29. The lowest BCUT2D eigenvalue weighted by atomic mass is 9.86. The Balaban J connectivity index is 2.01. The fraction of sp³-hybridized carbons (Fsp3) is 0.208. The molecule has 29 heavy (non-hydrogen) atoms. The van der Waals surface area contributed by atoms with Crippen LogP contribution in [0, 0.1) is 13.8 Å². The Labute approximate surface area is 175 Å². The third-order valence-electron chi connectivity index (χ3n) is 5.82. The van der Waals surface area contributed by atoms with Gasteiger partial charge in [-0.05, 0) is 68.3 Å². The predicted octanol–water partition coefficient (Wildman–Crippen LogP) is 5.94. The van der Waals surface area contributed by atoms with Gasteiger partial charge in [0.1, 0.15) is 0 Å². The van der Waals surface area contributed by atoms with E-state index in [1.165, 1.54) is 0 Å². The molecule has 4 nitrogen and oxygen atoms in total. The molecule has 4 aromatic rings. The predicted molar refractivity (Wildman–Crippen MR) is 117 cm³/mol. The van der Waals surface area contributed by atoms with Crippen LogP contribution in [0.25, 0.3) is 16.6 Å². The van der Waals surface area contributed by atoms with Gasteiger partial charge in [-0.25, -0.2) is 4.79 Å². The van der Waals surface area contributed by atoms with E-state index in [1.807, 2.05) is 35.9 Å². The molecule has 1 N–H and O–H groups in total. The molecule has 0 amide bonds. The molecule has 0 saturated heterocycles. The van der Waals surface area contributed by atoms with Crippen LogP contribution in [0.4, 0.5) is 0 Å². The molecule has 0 aliphatic carbocycles. The first-order valence-corrected chi connectivity index (χ1v) is 10.0. The number of carbonyl (C=O) groups is 1. The maximum absolute atomic E-state index is 12.6. The molecule has 1 unspecified atom stereocenters. The summed E-state index contributed by atoms with van der Waals surface area (Å²) >= 11 is 6.05. The van der Waals surface area contributed by atoms with E-state index in [0.717, 1.165) is 28.0 Å². The van der Waals surface area contributed by atoms with Crippen molar-refractivity contribution in [2.45, 2.75) is 32.7 Å². The van der Waals surface area contributed by atoms with Gasteiger partial charge in [-0.1, -0.05) is 36.7 Å². The number of carboxylic acid groups (broad SMARTS) is 1. The van der Waals surface area contributed by atoms with Gasteiger partial charge in [0.2, 0.25) is 0 Å². The molecule has 0 radical (unpaired) electrons. The van der Waals surface area contributed by atoms with E-state index in [4.69, 9.17) is 11.6 Å². The minimum Gasteiger partial charge on any atom is -0.479 e. The van der Waals surface area contributed by atoms with Gasteiger partial charge in [0.25, 0.3) is 0 Å². The lowest BCUT2D eigenvalue weighted by Gasteiger charge is -2.32. The largest absolute Gasteiger partial charge is 0.479 e. The zero-order valence-corrected chi connectivity index (χ0v) is 17.4. The van der Waals surface area contributed by atoms with Crippen LogP contribution in [0.2, 0.25) is 5.02 Å². The summed E-state index contributed by atoms with van der Waals surface area (Å²) in [6, 6.07) is 19.3. The van der Waals surface area contributed by atoms with Crippen molar-refractivity contribution in [3.8, 4) is 5.69 Å². The monoisotopic (exact) mass is 406 g/mol. The number of hydrogen-bond acceptors (Lipinski definition) is 1. The van der Waals surface area contributed by atoms with E-state index >= 15 is 0 Å². The average molecular weight is 407 g/mol. The van der Waals surface area contributed by atoms with Gasteiger partial charge in [0, 0.05) is 28.0 Å². The third-order valence-corrected chi connectivity index (χ3v) is 6.07. The van der Waals surface area contributed by atoms with Crippen LogP contribution in [0.5, 0.6) is 0 Å². The molecule has 4 rings (SSSR count). The van der Waals surface area contributed by atoms with E-state index < -0.39 is 11.5 Å². The Morgan fingerprint density at radius 1 is 1.00 bits per heavy atom. The highest BCUT2D eigenvalue weighted by Gasteiger charge is 2.41. The van der Waals surface area contributed by atoms with Crippen molar-refractivity contribution >= 4 is 28.5 Å². The first kappa shape index (κ1) is 19.3. The first-order chi connectivity index (χ1) is 13.9. The number of fused-ring (bicyclic) bond motifs is 1. The number of carboxylic acids is 1. The summed E-state index contributed by atoms with van der Waals surface area (Å²) in [4.78, 5) is 12.6. The topological polar surface area (TPSA) is 47.2 Å². The normalized spacial score (nSPS) is 13.5. The van der Waals surface area contributed by atoms with Gasteiger partial charge in [0.05, 0.1) is 11.2 Å². The molecule has 0 aliphatic rings. The molecule has 0 bridgehead atoms. The van der Waals surface area contributed by atoms with Gasteiger partial charge in [-0.15, -0.1) is 0 Å². The molecular formula is C24H23ClN2O2. The molecular weight excluding hydrogens is 384 g/mol. The first-order valence-electron chi connectivity index (χ1n) is 9.65. The van der Waals surface area contributed by atoms with Crippen LogP contribution in [-0.4, -0.2) is 20.2 Å². The Hall–Kier alpha value is -2.98. The van der Waals surface area contributed by atoms with Crippen molar-refractivity contribution in [2.75, 3.05) is 0 Å². The summed E-state index contributed by atoms with van der Waals surface area (Å²) in [5, 5.41) is 12.0. The molecule has 2 aromatic heterocycles. The maximum Gasteiger partial charge on any atom is 0.334 e. The van der Waals surface area contributed by atoms with Gasteiger partial charge >= 0.3 is 5.97 Å². The molecule has 0 aliphatic heterocycles. The number of aliphatic carboxylic acids is 1. The summed E-state index contributed by atoms with van der Waals surface area (Å²) < 4.78 is 4.08. The quantitative estimate of drug-likeness (QED) is 0.445. The van der Waals surface area contributed by atoms with Crippen molar-refractivity contribution in [3.05, 3.63) is 88.8 Å². The average Bonchev–Trinajstić information content (AvgIpc) is 3.28. The SMILES string of the molecule is CCC(C(=O)O)(c1ccc(Cl)cc1)n1ccc2c(-n3c(C)ccc3C)cccc21.